The van der Waals surface area contributed by atoms with E-state index in [1.165, 1.54) is 0 Å². The highest BCUT2D eigenvalue weighted by Crippen LogP contribution is 2.10. The van der Waals surface area contributed by atoms with Crippen LogP contribution >= 0.6 is 0 Å². The summed E-state index contributed by atoms with van der Waals surface area (Å²) >= 11 is 0. The highest BCUT2D eigenvalue weighted by molar-refractivity contribution is 5.77. The number of carbonyl (C=O) groups is 1. The van der Waals surface area contributed by atoms with E-state index in [0.29, 0.717) is 12.4 Å². The molecule has 1 saturated heterocycles. The molecule has 19 heavy (non-hydrogen) atoms. The monoisotopic (exact) mass is 263 g/mol. The van der Waals surface area contributed by atoms with E-state index in [-0.39, 0.29) is 5.91 Å². The topological polar surface area (TPSA) is 61.4 Å². The van der Waals surface area contributed by atoms with Crippen LogP contribution in [0.5, 0.6) is 0 Å². The maximum atomic E-state index is 11.4. The first kappa shape index (κ1) is 13.6. The lowest BCUT2D eigenvalue weighted by molar-refractivity contribution is -0.127. The number of anilines is 2. The number of rotatable bonds is 6. The first-order chi connectivity index (χ1) is 9.16. The van der Waals surface area contributed by atoms with Crippen molar-refractivity contribution in [1.82, 2.24) is 14.9 Å². The molecule has 2 rings (SSSR count). The van der Waals surface area contributed by atoms with E-state index in [2.05, 4.69) is 15.3 Å². The second kappa shape index (κ2) is 6.36. The molecule has 1 aromatic rings. The molecule has 2 heterocycles. The van der Waals surface area contributed by atoms with Gasteiger partial charge in [-0.1, -0.05) is 0 Å². The van der Waals surface area contributed by atoms with Crippen molar-refractivity contribution >= 4 is 17.7 Å². The van der Waals surface area contributed by atoms with Crippen LogP contribution in [0.15, 0.2) is 12.3 Å². The molecular formula is C13H21N5O. The summed E-state index contributed by atoms with van der Waals surface area (Å²) in [6, 6.07) is 1.87. The fourth-order valence-corrected chi connectivity index (χ4v) is 2.09. The zero-order valence-electron chi connectivity index (χ0n) is 11.6. The van der Waals surface area contributed by atoms with Crippen molar-refractivity contribution in [3.05, 3.63) is 12.3 Å². The molecular weight excluding hydrogens is 242 g/mol. The van der Waals surface area contributed by atoms with Crippen LogP contribution in [0.2, 0.25) is 0 Å². The van der Waals surface area contributed by atoms with Crippen LogP contribution < -0.4 is 10.2 Å². The third-order valence-electron chi connectivity index (χ3n) is 3.16. The van der Waals surface area contributed by atoms with Gasteiger partial charge in [0.1, 0.15) is 5.82 Å². The summed E-state index contributed by atoms with van der Waals surface area (Å²) in [6.45, 7) is 2.51. The number of nitrogens with one attached hydrogen (secondary N) is 1. The van der Waals surface area contributed by atoms with Crippen molar-refractivity contribution in [2.24, 2.45) is 0 Å². The molecule has 1 N–H and O–H groups in total. The zero-order valence-corrected chi connectivity index (χ0v) is 11.6. The molecule has 1 amide bonds. The average Bonchev–Trinajstić information content (AvgIpc) is 2.81. The molecule has 1 fully saturated rings. The van der Waals surface area contributed by atoms with Gasteiger partial charge < -0.3 is 15.1 Å². The highest BCUT2D eigenvalue weighted by atomic mass is 16.2. The van der Waals surface area contributed by atoms with Crippen molar-refractivity contribution in [1.29, 1.82) is 0 Å². The van der Waals surface area contributed by atoms with Gasteiger partial charge in [0.15, 0.2) is 0 Å². The second-order valence-corrected chi connectivity index (χ2v) is 4.90. The Labute approximate surface area is 113 Å². The van der Waals surface area contributed by atoms with Crippen LogP contribution in [0.25, 0.3) is 0 Å². The Morgan fingerprint density at radius 1 is 1.47 bits per heavy atom. The normalized spacial score (nSPS) is 14.8. The Balaban J connectivity index is 1.73. The molecule has 0 bridgehead atoms. The molecule has 104 valence electrons. The zero-order chi connectivity index (χ0) is 13.7. The number of amides is 1. The predicted molar refractivity (Wildman–Crippen MR) is 75.3 cm³/mol. The van der Waals surface area contributed by atoms with Crippen LogP contribution in [0.3, 0.4) is 0 Å². The molecule has 0 radical (unpaired) electrons. The third-order valence-corrected chi connectivity index (χ3v) is 3.16. The van der Waals surface area contributed by atoms with Crippen molar-refractivity contribution in [2.75, 3.05) is 43.9 Å². The van der Waals surface area contributed by atoms with Crippen molar-refractivity contribution in [3.8, 4) is 0 Å². The second-order valence-electron chi connectivity index (χ2n) is 4.90. The standard InChI is InChI=1S/C13H21N5O/c1-17(2)11-6-8-15-13(16-11)14-7-4-10-18-9-3-5-12(18)19/h6,8H,3-5,7,9-10H2,1-2H3,(H,14,15,16). The van der Waals surface area contributed by atoms with Gasteiger partial charge in [-0.05, 0) is 18.9 Å². The Morgan fingerprint density at radius 2 is 2.32 bits per heavy atom. The summed E-state index contributed by atoms with van der Waals surface area (Å²) < 4.78 is 0. The molecule has 0 saturated carbocycles. The number of hydrogen-bond acceptors (Lipinski definition) is 5. The first-order valence-corrected chi connectivity index (χ1v) is 6.69. The quantitative estimate of drug-likeness (QED) is 0.775. The Kier molecular flexibility index (Phi) is 4.54. The molecule has 0 atom stereocenters. The minimum absolute atomic E-state index is 0.283. The lowest BCUT2D eigenvalue weighted by Gasteiger charge is -2.15. The van der Waals surface area contributed by atoms with E-state index in [1.54, 1.807) is 6.20 Å². The minimum Gasteiger partial charge on any atom is -0.363 e. The Morgan fingerprint density at radius 3 is 3.00 bits per heavy atom. The van der Waals surface area contributed by atoms with E-state index >= 15 is 0 Å². The van der Waals surface area contributed by atoms with Crippen LogP contribution in [0.1, 0.15) is 19.3 Å². The van der Waals surface area contributed by atoms with Crippen molar-refractivity contribution in [3.63, 3.8) is 0 Å². The van der Waals surface area contributed by atoms with E-state index in [1.807, 2.05) is 30.0 Å². The van der Waals surface area contributed by atoms with Gasteiger partial charge in [0.05, 0.1) is 0 Å². The molecule has 1 aliphatic rings. The van der Waals surface area contributed by atoms with Gasteiger partial charge in [-0.2, -0.15) is 4.98 Å². The molecule has 6 nitrogen and oxygen atoms in total. The van der Waals surface area contributed by atoms with Gasteiger partial charge in [-0.3, -0.25) is 4.79 Å². The summed E-state index contributed by atoms with van der Waals surface area (Å²) in [5.74, 6) is 1.80. The van der Waals surface area contributed by atoms with Crippen molar-refractivity contribution in [2.45, 2.75) is 19.3 Å². The summed E-state index contributed by atoms with van der Waals surface area (Å²) in [5.41, 5.74) is 0. The lowest BCUT2D eigenvalue weighted by atomic mass is 10.4. The smallest absolute Gasteiger partial charge is 0.224 e. The minimum atomic E-state index is 0.283. The van der Waals surface area contributed by atoms with E-state index in [0.717, 1.165) is 38.3 Å². The number of hydrogen-bond donors (Lipinski definition) is 1. The van der Waals surface area contributed by atoms with Gasteiger partial charge >= 0.3 is 0 Å². The van der Waals surface area contributed by atoms with Crippen LogP contribution in [-0.2, 0) is 4.79 Å². The highest BCUT2D eigenvalue weighted by Gasteiger charge is 2.18. The Hall–Kier alpha value is -1.85. The number of carbonyl (C=O) groups excluding carboxylic acids is 1. The van der Waals surface area contributed by atoms with Gasteiger partial charge in [0, 0.05) is 46.3 Å². The molecule has 0 unspecified atom stereocenters. The third kappa shape index (κ3) is 3.81. The van der Waals surface area contributed by atoms with E-state index < -0.39 is 0 Å². The maximum absolute atomic E-state index is 11.4. The van der Waals surface area contributed by atoms with Gasteiger partial charge in [0.25, 0.3) is 0 Å². The van der Waals surface area contributed by atoms with Crippen molar-refractivity contribution < 1.29 is 4.79 Å². The fourth-order valence-electron chi connectivity index (χ4n) is 2.09. The van der Waals surface area contributed by atoms with Crippen LogP contribution in [0.4, 0.5) is 11.8 Å². The number of aromatic nitrogens is 2. The van der Waals surface area contributed by atoms with Gasteiger partial charge in [0.2, 0.25) is 11.9 Å². The Bertz CT molecular complexity index is 435. The van der Waals surface area contributed by atoms with E-state index in [9.17, 15) is 4.79 Å². The number of likely N-dealkylation sites (tertiary alicyclic amines) is 1. The average molecular weight is 263 g/mol. The molecule has 1 aromatic heterocycles. The summed E-state index contributed by atoms with van der Waals surface area (Å²) in [5, 5.41) is 3.19. The molecule has 0 aliphatic carbocycles. The molecule has 0 aromatic carbocycles. The van der Waals surface area contributed by atoms with Crippen LogP contribution in [-0.4, -0.2) is 54.5 Å². The van der Waals surface area contributed by atoms with E-state index in [4.69, 9.17) is 0 Å². The summed E-state index contributed by atoms with van der Waals surface area (Å²) in [6.07, 6.45) is 4.37. The first-order valence-electron chi connectivity index (χ1n) is 6.69. The number of nitrogens with zero attached hydrogens (tertiary/aromatic N) is 4. The van der Waals surface area contributed by atoms with Gasteiger partial charge in [-0.15, -0.1) is 0 Å². The largest absolute Gasteiger partial charge is 0.363 e. The molecule has 1 aliphatic heterocycles. The SMILES string of the molecule is CN(C)c1ccnc(NCCCN2CCCC2=O)n1. The fraction of sp³-hybridized carbons (Fsp3) is 0.615. The van der Waals surface area contributed by atoms with Crippen LogP contribution in [0, 0.1) is 0 Å². The molecule has 6 heteroatoms. The maximum Gasteiger partial charge on any atom is 0.224 e. The lowest BCUT2D eigenvalue weighted by Crippen LogP contribution is -2.27. The molecule has 0 spiro atoms. The van der Waals surface area contributed by atoms with Gasteiger partial charge in [-0.25, -0.2) is 4.98 Å². The summed E-state index contributed by atoms with van der Waals surface area (Å²) in [7, 11) is 3.90. The summed E-state index contributed by atoms with van der Waals surface area (Å²) in [4.78, 5) is 23.9. The predicted octanol–water partition coefficient (Wildman–Crippen LogP) is 0.967.